The maximum absolute atomic E-state index is 12.6. The van der Waals surface area contributed by atoms with Crippen LogP contribution in [0.25, 0.3) is 22.4 Å². The van der Waals surface area contributed by atoms with Crippen LogP contribution in [0.3, 0.4) is 0 Å². The van der Waals surface area contributed by atoms with Crippen LogP contribution < -0.4 is 5.32 Å². The molecule has 1 heterocycles. The summed E-state index contributed by atoms with van der Waals surface area (Å²) < 4.78 is 15.6. The quantitative estimate of drug-likeness (QED) is 0.272. The van der Waals surface area contributed by atoms with E-state index in [1.165, 1.54) is 7.11 Å². The number of hydrogen-bond acceptors (Lipinski definition) is 6. The number of nitrogens with one attached hydrogen (secondary N) is 1. The first-order chi connectivity index (χ1) is 17.4. The van der Waals surface area contributed by atoms with E-state index in [4.69, 9.17) is 25.6 Å². The molecule has 0 aliphatic heterocycles. The number of methoxy groups -OCH3 is 1. The van der Waals surface area contributed by atoms with E-state index in [9.17, 15) is 9.59 Å². The molecule has 0 fully saturated rings. The molecule has 4 rings (SSSR count). The summed E-state index contributed by atoms with van der Waals surface area (Å²) in [7, 11) is 1.37. The van der Waals surface area contributed by atoms with E-state index in [0.717, 1.165) is 22.3 Å². The Balaban J connectivity index is 1.47. The van der Waals surface area contributed by atoms with Crippen LogP contribution in [0.15, 0.2) is 77.3 Å². The predicted octanol–water partition coefficient (Wildman–Crippen LogP) is 7.00. The van der Waals surface area contributed by atoms with Crippen molar-refractivity contribution in [3.8, 4) is 22.4 Å². The van der Waals surface area contributed by atoms with Gasteiger partial charge in [0.1, 0.15) is 17.5 Å². The molecule has 4 aromatic rings. The van der Waals surface area contributed by atoms with Crippen molar-refractivity contribution in [3.05, 3.63) is 94.7 Å². The number of carbonyl (C=O) groups is 2. The van der Waals surface area contributed by atoms with Crippen LogP contribution in [-0.2, 0) is 20.7 Å². The second-order valence-electron chi connectivity index (χ2n) is 8.18. The van der Waals surface area contributed by atoms with E-state index in [1.54, 1.807) is 19.9 Å². The van der Waals surface area contributed by atoms with Crippen molar-refractivity contribution in [2.24, 2.45) is 0 Å². The zero-order chi connectivity index (χ0) is 25.7. The number of halogens is 1. The number of aryl methyl sites for hydroxylation is 1. The molecule has 7 nitrogen and oxygen atoms in total. The van der Waals surface area contributed by atoms with Crippen molar-refractivity contribution in [1.29, 1.82) is 0 Å². The number of anilines is 1. The van der Waals surface area contributed by atoms with Crippen molar-refractivity contribution >= 4 is 29.4 Å². The zero-order valence-corrected chi connectivity index (χ0v) is 20.8. The number of carbonyl (C=O) groups excluding carboxylic acids is 2. The first-order valence-corrected chi connectivity index (χ1v) is 11.7. The summed E-state index contributed by atoms with van der Waals surface area (Å²) >= 11 is 6.21. The number of nitrogens with zero attached hydrogens (tertiary/aromatic N) is 1. The highest BCUT2D eigenvalue weighted by atomic mass is 35.5. The summed E-state index contributed by atoms with van der Waals surface area (Å²) in [6, 6.07) is 22.6. The summed E-state index contributed by atoms with van der Waals surface area (Å²) in [5.41, 5.74) is 5.29. The second kappa shape index (κ2) is 11.1. The van der Waals surface area contributed by atoms with E-state index in [-0.39, 0.29) is 12.4 Å². The van der Waals surface area contributed by atoms with Gasteiger partial charge in [-0.25, -0.2) is 4.79 Å². The van der Waals surface area contributed by atoms with E-state index >= 15 is 0 Å². The number of hydrogen-bond donors (Lipinski definition) is 1. The van der Waals surface area contributed by atoms with Crippen molar-refractivity contribution in [1.82, 2.24) is 5.16 Å². The van der Waals surface area contributed by atoms with Gasteiger partial charge in [0.15, 0.2) is 5.76 Å². The average molecular weight is 505 g/mol. The molecule has 1 unspecified atom stereocenters. The Morgan fingerprint density at radius 1 is 0.972 bits per heavy atom. The lowest BCUT2D eigenvalue weighted by Gasteiger charge is -2.15. The summed E-state index contributed by atoms with van der Waals surface area (Å²) in [4.78, 5) is 24.1. The minimum absolute atomic E-state index is 0.233. The fourth-order valence-electron chi connectivity index (χ4n) is 3.75. The molecular weight excluding hydrogens is 480 g/mol. The Labute approximate surface area is 214 Å². The van der Waals surface area contributed by atoms with Gasteiger partial charge in [0.25, 0.3) is 0 Å². The minimum atomic E-state index is -0.640. The van der Waals surface area contributed by atoms with Crippen LogP contribution in [0.1, 0.15) is 29.9 Å². The normalized spacial score (nSPS) is 11.6. The van der Waals surface area contributed by atoms with Gasteiger partial charge in [-0.3, -0.25) is 10.1 Å². The maximum Gasteiger partial charge on any atom is 0.412 e. The fourth-order valence-corrected chi connectivity index (χ4v) is 4.04. The van der Waals surface area contributed by atoms with E-state index < -0.39 is 12.2 Å². The molecule has 8 heteroatoms. The topological polar surface area (TPSA) is 90.7 Å². The number of rotatable bonds is 7. The third kappa shape index (κ3) is 5.75. The number of benzene rings is 3. The van der Waals surface area contributed by atoms with Gasteiger partial charge in [-0.2, -0.15) is 0 Å². The number of ether oxygens (including phenoxy) is 2. The lowest BCUT2D eigenvalue weighted by atomic mass is 10.0. The number of aromatic nitrogens is 1. The van der Waals surface area contributed by atoms with Crippen LogP contribution in [0.5, 0.6) is 0 Å². The molecule has 1 amide bonds. The molecule has 0 saturated heterocycles. The first-order valence-electron chi connectivity index (χ1n) is 11.3. The lowest BCUT2D eigenvalue weighted by molar-refractivity contribution is -0.139. The van der Waals surface area contributed by atoms with E-state index in [1.807, 2.05) is 66.7 Å². The molecule has 0 aliphatic rings. The number of esters is 1. The highest BCUT2D eigenvalue weighted by Gasteiger charge is 2.20. The van der Waals surface area contributed by atoms with Crippen molar-refractivity contribution in [2.75, 3.05) is 12.4 Å². The van der Waals surface area contributed by atoms with Crippen LogP contribution in [0.2, 0.25) is 5.02 Å². The van der Waals surface area contributed by atoms with Crippen LogP contribution in [0, 0.1) is 6.92 Å². The van der Waals surface area contributed by atoms with Crippen molar-refractivity contribution < 1.29 is 23.6 Å². The molecule has 1 N–H and O–H groups in total. The summed E-state index contributed by atoms with van der Waals surface area (Å²) in [6.07, 6.45) is -0.949. The van der Waals surface area contributed by atoms with Crippen LogP contribution >= 0.6 is 11.6 Å². The predicted molar refractivity (Wildman–Crippen MR) is 138 cm³/mol. The molecule has 0 saturated carbocycles. The molecule has 0 bridgehead atoms. The largest absolute Gasteiger partial charge is 0.469 e. The highest BCUT2D eigenvalue weighted by Crippen LogP contribution is 2.33. The van der Waals surface area contributed by atoms with Gasteiger partial charge in [-0.05, 0) is 36.6 Å². The maximum atomic E-state index is 12.6. The van der Waals surface area contributed by atoms with Crippen molar-refractivity contribution in [2.45, 2.75) is 26.4 Å². The molecule has 0 radical (unpaired) electrons. The SMILES string of the molecule is COC(=O)Cc1ccc(-c2ccc(-c3noc(C)c3NC(=O)OC(C)c3ccccc3Cl)cc2)cc1. The molecule has 1 aromatic heterocycles. The molecule has 0 spiro atoms. The monoisotopic (exact) mass is 504 g/mol. The van der Waals surface area contributed by atoms with Gasteiger partial charge in [0, 0.05) is 16.1 Å². The zero-order valence-electron chi connectivity index (χ0n) is 20.1. The molecule has 3 aromatic carbocycles. The van der Waals surface area contributed by atoms with Gasteiger partial charge in [-0.15, -0.1) is 0 Å². The summed E-state index contributed by atoms with van der Waals surface area (Å²) in [5, 5.41) is 7.41. The molecule has 0 aliphatic carbocycles. The molecule has 1 atom stereocenters. The highest BCUT2D eigenvalue weighted by molar-refractivity contribution is 6.31. The van der Waals surface area contributed by atoms with Gasteiger partial charge in [0.05, 0.1) is 13.5 Å². The Bertz CT molecular complexity index is 1360. The fraction of sp³-hybridized carbons (Fsp3) is 0.179. The second-order valence-corrected chi connectivity index (χ2v) is 8.59. The van der Waals surface area contributed by atoms with Gasteiger partial charge in [-0.1, -0.05) is 83.5 Å². The minimum Gasteiger partial charge on any atom is -0.469 e. The van der Waals surface area contributed by atoms with Crippen molar-refractivity contribution in [3.63, 3.8) is 0 Å². The third-order valence-corrected chi connectivity index (χ3v) is 6.08. The van der Waals surface area contributed by atoms with Gasteiger partial charge in [0.2, 0.25) is 0 Å². The third-order valence-electron chi connectivity index (χ3n) is 5.74. The first kappa shape index (κ1) is 25.0. The number of amides is 1. The van der Waals surface area contributed by atoms with E-state index in [0.29, 0.717) is 27.7 Å². The van der Waals surface area contributed by atoms with Gasteiger partial charge >= 0.3 is 12.1 Å². The summed E-state index contributed by atoms with van der Waals surface area (Å²) in [5.74, 6) is 0.180. The molecule has 36 heavy (non-hydrogen) atoms. The van der Waals surface area contributed by atoms with Crippen LogP contribution in [0.4, 0.5) is 10.5 Å². The molecular formula is C28H25ClN2O5. The Kier molecular flexibility index (Phi) is 7.71. The Hall–Kier alpha value is -4.10. The smallest absolute Gasteiger partial charge is 0.412 e. The van der Waals surface area contributed by atoms with E-state index in [2.05, 4.69) is 10.5 Å². The Morgan fingerprint density at radius 3 is 2.22 bits per heavy atom. The van der Waals surface area contributed by atoms with Crippen LogP contribution in [-0.4, -0.2) is 24.3 Å². The standard InChI is InChI=1S/C28H25ClN2O5/c1-17(23-6-4-5-7-24(23)29)35-28(33)30-26-18(2)36-31-27(26)22-14-12-21(13-15-22)20-10-8-19(9-11-20)16-25(32)34-3/h4-15,17H,16H2,1-3H3,(H,30,33). The lowest BCUT2D eigenvalue weighted by Crippen LogP contribution is -2.17. The Morgan fingerprint density at radius 2 is 1.58 bits per heavy atom. The summed E-state index contributed by atoms with van der Waals surface area (Å²) in [6.45, 7) is 3.47. The molecule has 184 valence electrons. The average Bonchev–Trinajstić information content (AvgIpc) is 3.24. The van der Waals surface area contributed by atoms with Gasteiger partial charge < -0.3 is 14.0 Å².